The molecule has 5 heteroatoms. The highest BCUT2D eigenvalue weighted by molar-refractivity contribution is 5.79. The van der Waals surface area contributed by atoms with Crippen LogP contribution in [0.4, 0.5) is 0 Å². The van der Waals surface area contributed by atoms with E-state index in [1.807, 2.05) is 0 Å². The summed E-state index contributed by atoms with van der Waals surface area (Å²) in [6.45, 7) is 1.73. The topological polar surface area (TPSA) is 98.0 Å². The van der Waals surface area contributed by atoms with E-state index in [2.05, 4.69) is 0 Å². The molecule has 0 aromatic heterocycles. The number of carboxylic acids is 1. The minimum atomic E-state index is -1.15. The Balaban J connectivity index is 3.64. The van der Waals surface area contributed by atoms with Crippen LogP contribution in [0.3, 0.4) is 0 Å². The maximum Gasteiger partial charge on any atom is 0.328 e. The van der Waals surface area contributed by atoms with Gasteiger partial charge in [0.25, 0.3) is 0 Å². The van der Waals surface area contributed by atoms with Crippen molar-refractivity contribution in [2.75, 3.05) is 0 Å². The van der Waals surface area contributed by atoms with Crippen molar-refractivity contribution in [2.24, 2.45) is 0 Å². The molecule has 5 nitrogen and oxygen atoms in total. The van der Waals surface area contributed by atoms with Gasteiger partial charge < -0.3 is 20.4 Å². The number of aliphatic hydroxyl groups is 3. The lowest BCUT2D eigenvalue weighted by Gasteiger charge is -2.14. The molecule has 0 aliphatic rings. The summed E-state index contributed by atoms with van der Waals surface area (Å²) in [5.41, 5.74) is 0. The Morgan fingerprint density at radius 3 is 2.24 bits per heavy atom. The zero-order valence-electron chi connectivity index (χ0n) is 10.1. The first-order valence-electron chi connectivity index (χ1n) is 5.88. The van der Waals surface area contributed by atoms with Gasteiger partial charge in [-0.05, 0) is 25.8 Å². The van der Waals surface area contributed by atoms with Crippen LogP contribution in [-0.4, -0.2) is 44.7 Å². The number of rotatable bonds is 9. The highest BCUT2D eigenvalue weighted by atomic mass is 16.4. The van der Waals surface area contributed by atoms with Crippen molar-refractivity contribution in [1.82, 2.24) is 0 Å². The minimum absolute atomic E-state index is 0.302. The van der Waals surface area contributed by atoms with Gasteiger partial charge in [-0.3, -0.25) is 0 Å². The van der Waals surface area contributed by atoms with Crippen LogP contribution in [0.1, 0.15) is 39.0 Å². The monoisotopic (exact) mass is 246 g/mol. The van der Waals surface area contributed by atoms with E-state index in [1.165, 1.54) is 0 Å². The van der Waals surface area contributed by atoms with E-state index in [4.69, 9.17) is 10.2 Å². The van der Waals surface area contributed by atoms with Gasteiger partial charge in [0, 0.05) is 6.08 Å². The van der Waals surface area contributed by atoms with E-state index >= 15 is 0 Å². The second-order valence-electron chi connectivity index (χ2n) is 4.24. The lowest BCUT2D eigenvalue weighted by molar-refractivity contribution is -0.131. The molecule has 100 valence electrons. The molecule has 0 saturated heterocycles. The van der Waals surface area contributed by atoms with Crippen LogP contribution in [0, 0.1) is 0 Å². The smallest absolute Gasteiger partial charge is 0.328 e. The van der Waals surface area contributed by atoms with Crippen molar-refractivity contribution in [3.8, 4) is 0 Å². The van der Waals surface area contributed by atoms with Crippen LogP contribution in [0.5, 0.6) is 0 Å². The van der Waals surface area contributed by atoms with Gasteiger partial charge in [-0.15, -0.1) is 0 Å². The third-order valence-corrected chi connectivity index (χ3v) is 2.45. The number of hydrogen-bond acceptors (Lipinski definition) is 4. The Labute approximate surface area is 101 Å². The van der Waals surface area contributed by atoms with Crippen molar-refractivity contribution in [1.29, 1.82) is 0 Å². The quantitative estimate of drug-likeness (QED) is 0.354. The van der Waals surface area contributed by atoms with Gasteiger partial charge in [0.1, 0.15) is 0 Å². The molecule has 0 heterocycles. The molecule has 0 rings (SSSR count). The molecule has 0 aliphatic heterocycles. The van der Waals surface area contributed by atoms with Gasteiger partial charge in [-0.2, -0.15) is 0 Å². The maximum atomic E-state index is 10.2. The lowest BCUT2D eigenvalue weighted by Crippen LogP contribution is -2.23. The summed E-state index contributed by atoms with van der Waals surface area (Å²) in [4.78, 5) is 10.2. The van der Waals surface area contributed by atoms with Crippen molar-refractivity contribution in [3.63, 3.8) is 0 Å². The molecule has 0 aromatic carbocycles. The molecule has 0 unspecified atom stereocenters. The van der Waals surface area contributed by atoms with E-state index in [-0.39, 0.29) is 6.10 Å². The summed E-state index contributed by atoms with van der Waals surface area (Å²) >= 11 is 0. The Morgan fingerprint density at radius 1 is 1.12 bits per heavy atom. The van der Waals surface area contributed by atoms with E-state index in [0.717, 1.165) is 37.8 Å². The van der Waals surface area contributed by atoms with Crippen molar-refractivity contribution >= 4 is 5.97 Å². The third kappa shape index (κ3) is 9.99. The average Bonchev–Trinajstić information content (AvgIpc) is 2.24. The van der Waals surface area contributed by atoms with Gasteiger partial charge in [0.05, 0.1) is 18.3 Å². The van der Waals surface area contributed by atoms with Gasteiger partial charge in [0.2, 0.25) is 0 Å². The first-order chi connectivity index (χ1) is 7.93. The first-order valence-corrected chi connectivity index (χ1v) is 5.88. The number of unbranched alkanes of at least 4 members (excludes halogenated alkanes) is 2. The fourth-order valence-electron chi connectivity index (χ4n) is 1.45. The Hall–Kier alpha value is -0.910. The highest BCUT2D eigenvalue weighted by Crippen LogP contribution is 2.10. The summed E-state index contributed by atoms with van der Waals surface area (Å²) in [5, 5.41) is 36.2. The van der Waals surface area contributed by atoms with Gasteiger partial charge >= 0.3 is 5.97 Å². The van der Waals surface area contributed by atoms with Gasteiger partial charge in [0.15, 0.2) is 0 Å². The molecule has 0 bridgehead atoms. The molecule has 0 radical (unpaired) electrons. The normalized spacial score (nSPS) is 16.9. The molecule has 17 heavy (non-hydrogen) atoms. The first kappa shape index (κ1) is 16.1. The van der Waals surface area contributed by atoms with E-state index in [9.17, 15) is 15.0 Å². The molecular formula is C12H22O5. The fourth-order valence-corrected chi connectivity index (χ4v) is 1.45. The minimum Gasteiger partial charge on any atom is -0.478 e. The van der Waals surface area contributed by atoms with Crippen LogP contribution in [0.25, 0.3) is 0 Å². The van der Waals surface area contributed by atoms with Gasteiger partial charge in [-0.25, -0.2) is 4.79 Å². The van der Waals surface area contributed by atoms with Crippen LogP contribution >= 0.6 is 0 Å². The van der Waals surface area contributed by atoms with Crippen molar-refractivity contribution in [2.45, 2.75) is 57.3 Å². The average molecular weight is 246 g/mol. The lowest BCUT2D eigenvalue weighted by atomic mass is 10.0. The van der Waals surface area contributed by atoms with Crippen molar-refractivity contribution < 1.29 is 25.2 Å². The second-order valence-corrected chi connectivity index (χ2v) is 4.24. The zero-order chi connectivity index (χ0) is 13.3. The molecular weight excluding hydrogens is 224 g/mol. The summed E-state index contributed by atoms with van der Waals surface area (Å²) in [7, 11) is 0. The summed E-state index contributed by atoms with van der Waals surface area (Å²) in [6, 6.07) is 0. The maximum absolute atomic E-state index is 10.2. The molecule has 0 fully saturated rings. The molecule has 0 spiro atoms. The SMILES string of the molecule is C[C@@H](O)CCCCC[C@@H](O)[C@H](O)/C=C/C(=O)O. The van der Waals surface area contributed by atoms with E-state index in [0.29, 0.717) is 6.42 Å². The predicted octanol–water partition coefficient (Wildman–Crippen LogP) is 0.680. The molecule has 0 saturated carbocycles. The predicted molar refractivity (Wildman–Crippen MR) is 63.6 cm³/mol. The van der Waals surface area contributed by atoms with Gasteiger partial charge in [-0.1, -0.05) is 19.3 Å². The number of aliphatic carboxylic acids is 1. The molecule has 3 atom stereocenters. The summed E-state index contributed by atoms with van der Waals surface area (Å²) in [5.74, 6) is -1.15. The van der Waals surface area contributed by atoms with Crippen LogP contribution in [0.15, 0.2) is 12.2 Å². The molecule has 0 aromatic rings. The fraction of sp³-hybridized carbons (Fsp3) is 0.750. The summed E-state index contributed by atoms with van der Waals surface area (Å²) in [6.07, 6.45) is 3.17. The number of hydrogen-bond donors (Lipinski definition) is 4. The largest absolute Gasteiger partial charge is 0.478 e. The number of carboxylic acid groups (broad SMARTS) is 1. The van der Waals surface area contributed by atoms with E-state index < -0.39 is 18.2 Å². The molecule has 4 N–H and O–H groups in total. The van der Waals surface area contributed by atoms with Crippen molar-refractivity contribution in [3.05, 3.63) is 12.2 Å². The number of carbonyl (C=O) groups is 1. The van der Waals surface area contributed by atoms with E-state index in [1.54, 1.807) is 6.92 Å². The highest BCUT2D eigenvalue weighted by Gasteiger charge is 2.12. The Morgan fingerprint density at radius 2 is 1.71 bits per heavy atom. The summed E-state index contributed by atoms with van der Waals surface area (Å²) < 4.78 is 0. The Bertz CT molecular complexity index is 237. The zero-order valence-corrected chi connectivity index (χ0v) is 10.1. The Kier molecular flexibility index (Phi) is 8.66. The molecule has 0 aliphatic carbocycles. The number of aliphatic hydroxyl groups excluding tert-OH is 3. The standard InChI is InChI=1S/C12H22O5/c1-9(13)5-3-2-4-6-10(14)11(15)7-8-12(16)17/h7-11,13-15H,2-6H2,1H3,(H,16,17)/b8-7+/t9-,10-,11-/m1/s1. The van der Waals surface area contributed by atoms with Crippen LogP contribution in [-0.2, 0) is 4.79 Å². The molecule has 0 amide bonds. The second kappa shape index (κ2) is 9.15. The van der Waals surface area contributed by atoms with Crippen LogP contribution < -0.4 is 0 Å². The third-order valence-electron chi connectivity index (χ3n) is 2.45. The van der Waals surface area contributed by atoms with Crippen LogP contribution in [0.2, 0.25) is 0 Å².